The van der Waals surface area contributed by atoms with Gasteiger partial charge in [-0.3, -0.25) is 19.2 Å². The fourth-order valence-corrected chi connectivity index (χ4v) is 3.73. The van der Waals surface area contributed by atoms with E-state index < -0.39 is 56.8 Å². The van der Waals surface area contributed by atoms with Crippen LogP contribution in [0.1, 0.15) is 26.7 Å². The zero-order valence-corrected chi connectivity index (χ0v) is 16.8. The number of nitrogens with one attached hydrogen (secondary N) is 2. The number of hydrogen-bond donors (Lipinski definition) is 4. The summed E-state index contributed by atoms with van der Waals surface area (Å²) in [6.45, 7) is 2.50. The van der Waals surface area contributed by atoms with Gasteiger partial charge in [-0.15, -0.1) is 0 Å². The van der Waals surface area contributed by atoms with Crippen LogP contribution in [0.15, 0.2) is 0 Å². The van der Waals surface area contributed by atoms with Crippen molar-refractivity contribution in [2.45, 2.75) is 38.8 Å². The van der Waals surface area contributed by atoms with Crippen molar-refractivity contribution >= 4 is 58.5 Å². The Morgan fingerprint density at radius 2 is 1.12 bits per heavy atom. The van der Waals surface area contributed by atoms with Gasteiger partial charge in [0.15, 0.2) is 21.4 Å². The smallest absolute Gasteiger partial charge is 0.217 e. The molecule has 0 saturated heterocycles. The molecule has 0 aromatic heterocycles. The molecule has 0 spiro atoms. The van der Waals surface area contributed by atoms with Crippen molar-refractivity contribution in [1.82, 2.24) is 10.6 Å². The first kappa shape index (κ1) is 23.9. The van der Waals surface area contributed by atoms with E-state index in [1.165, 1.54) is 13.8 Å². The van der Waals surface area contributed by atoms with Crippen LogP contribution in [0.3, 0.4) is 0 Å². The van der Waals surface area contributed by atoms with E-state index >= 15 is 0 Å². The molecular formula is C14H24N2O6S3. The summed E-state index contributed by atoms with van der Waals surface area (Å²) >= 11 is 7.90. The zero-order valence-electron chi connectivity index (χ0n) is 14.1. The van der Waals surface area contributed by atoms with Gasteiger partial charge in [0.2, 0.25) is 11.8 Å². The normalized spacial score (nSPS) is 13.6. The Hall–Kier alpha value is -1.07. The average molecular weight is 413 g/mol. The third-order valence-corrected chi connectivity index (χ3v) is 5.60. The second-order valence-electron chi connectivity index (χ2n) is 5.46. The van der Waals surface area contributed by atoms with E-state index in [2.05, 4.69) is 35.9 Å². The van der Waals surface area contributed by atoms with E-state index in [-0.39, 0.29) is 24.3 Å². The molecule has 11 heteroatoms. The van der Waals surface area contributed by atoms with Gasteiger partial charge in [0.1, 0.15) is 0 Å². The molecule has 0 saturated carbocycles. The maximum Gasteiger partial charge on any atom is 0.217 e. The van der Waals surface area contributed by atoms with Crippen LogP contribution in [0.4, 0.5) is 0 Å². The Morgan fingerprint density at radius 1 is 0.800 bits per heavy atom. The van der Waals surface area contributed by atoms with Crippen LogP contribution in [0.25, 0.3) is 0 Å². The van der Waals surface area contributed by atoms with Crippen molar-refractivity contribution in [3.63, 3.8) is 0 Å². The first-order chi connectivity index (χ1) is 11.5. The molecule has 25 heavy (non-hydrogen) atoms. The zero-order chi connectivity index (χ0) is 19.6. The Bertz CT molecular complexity index is 560. The van der Waals surface area contributed by atoms with Crippen molar-refractivity contribution in [2.75, 3.05) is 23.0 Å². The molecule has 2 N–H and O–H groups in total. The first-order valence-corrected chi connectivity index (χ1v) is 10.6. The Balaban J connectivity index is 4.54. The maximum atomic E-state index is 12.0. The number of thiol groups is 2. The highest BCUT2D eigenvalue weighted by Gasteiger charge is 2.23. The SMILES string of the molecule is CC(=O)N[C@@H](CS)C(=O)CCS(=O)(=O)CCC(=O)[C@H](CS)NC(C)=O. The van der Waals surface area contributed by atoms with Gasteiger partial charge in [-0.05, 0) is 0 Å². The summed E-state index contributed by atoms with van der Waals surface area (Å²) in [6, 6.07) is -1.68. The predicted octanol–water partition coefficient (Wildman–Crippen LogP) is -0.811. The molecule has 0 aliphatic carbocycles. The van der Waals surface area contributed by atoms with Gasteiger partial charge in [-0.25, -0.2) is 8.42 Å². The molecule has 0 aromatic rings. The molecule has 0 heterocycles. The lowest BCUT2D eigenvalue weighted by atomic mass is 10.1. The summed E-state index contributed by atoms with van der Waals surface area (Å²) in [5, 5.41) is 4.79. The molecule has 8 nitrogen and oxygen atoms in total. The van der Waals surface area contributed by atoms with Gasteiger partial charge in [0, 0.05) is 38.2 Å². The van der Waals surface area contributed by atoms with Gasteiger partial charge in [0.05, 0.1) is 23.6 Å². The molecule has 0 aliphatic heterocycles. The highest BCUT2D eigenvalue weighted by molar-refractivity contribution is 7.91. The van der Waals surface area contributed by atoms with Crippen LogP contribution in [-0.2, 0) is 29.0 Å². The molecule has 0 bridgehead atoms. The lowest BCUT2D eigenvalue weighted by molar-refractivity contribution is -0.126. The lowest BCUT2D eigenvalue weighted by Crippen LogP contribution is -2.42. The minimum atomic E-state index is -3.63. The minimum Gasteiger partial charge on any atom is -0.346 e. The van der Waals surface area contributed by atoms with E-state index in [4.69, 9.17) is 0 Å². The predicted molar refractivity (Wildman–Crippen MR) is 101 cm³/mol. The van der Waals surface area contributed by atoms with Crippen molar-refractivity contribution in [1.29, 1.82) is 0 Å². The maximum absolute atomic E-state index is 12.0. The average Bonchev–Trinajstić information content (AvgIpc) is 2.52. The number of carbonyl (C=O) groups is 4. The summed E-state index contributed by atoms with van der Waals surface area (Å²) in [5.74, 6) is -2.40. The molecule has 2 amide bonds. The van der Waals surface area contributed by atoms with Crippen LogP contribution < -0.4 is 10.6 Å². The standard InChI is InChI=1S/C14H24N2O6S3/c1-9(17)15-11(7-23)13(19)3-5-25(21,22)6-4-14(20)12(8-24)16-10(2)18/h11-12,23-24H,3-8H2,1-2H3,(H,15,17)(H,16,18)/t11-,12-/m0/s1. The highest BCUT2D eigenvalue weighted by Crippen LogP contribution is 2.04. The van der Waals surface area contributed by atoms with Gasteiger partial charge in [0.25, 0.3) is 0 Å². The van der Waals surface area contributed by atoms with E-state index in [9.17, 15) is 27.6 Å². The van der Waals surface area contributed by atoms with Crippen LogP contribution >= 0.6 is 25.3 Å². The number of amides is 2. The van der Waals surface area contributed by atoms with Crippen molar-refractivity contribution in [2.24, 2.45) is 0 Å². The Morgan fingerprint density at radius 3 is 1.36 bits per heavy atom. The fraction of sp³-hybridized carbons (Fsp3) is 0.714. The van der Waals surface area contributed by atoms with E-state index in [0.29, 0.717) is 0 Å². The molecule has 0 aliphatic rings. The van der Waals surface area contributed by atoms with Crippen LogP contribution in [-0.4, -0.2) is 66.9 Å². The molecule has 144 valence electrons. The van der Waals surface area contributed by atoms with Crippen LogP contribution in [0.2, 0.25) is 0 Å². The quantitative estimate of drug-likeness (QED) is 0.311. The van der Waals surface area contributed by atoms with Crippen molar-refractivity contribution in [3.05, 3.63) is 0 Å². The third-order valence-electron chi connectivity index (χ3n) is 3.22. The molecular weight excluding hydrogens is 388 g/mol. The van der Waals surface area contributed by atoms with Crippen molar-refractivity contribution < 1.29 is 27.6 Å². The van der Waals surface area contributed by atoms with Gasteiger partial charge in [-0.1, -0.05) is 0 Å². The summed E-state index contributed by atoms with van der Waals surface area (Å²) in [5.41, 5.74) is 0. The second kappa shape index (κ2) is 11.5. The molecule has 0 rings (SSSR count). The van der Waals surface area contributed by atoms with Crippen LogP contribution in [0, 0.1) is 0 Å². The number of sulfone groups is 1. The van der Waals surface area contributed by atoms with E-state index in [1.807, 2.05) is 0 Å². The van der Waals surface area contributed by atoms with E-state index in [1.54, 1.807) is 0 Å². The Labute approximate surface area is 158 Å². The first-order valence-electron chi connectivity index (χ1n) is 7.54. The summed E-state index contributed by atoms with van der Waals surface area (Å²) in [4.78, 5) is 45.8. The monoisotopic (exact) mass is 412 g/mol. The van der Waals surface area contributed by atoms with Crippen molar-refractivity contribution in [3.8, 4) is 0 Å². The molecule has 0 fully saturated rings. The minimum absolute atomic E-state index is 0.0668. The number of ketones is 2. The lowest BCUT2D eigenvalue weighted by Gasteiger charge is -2.15. The molecule has 0 radical (unpaired) electrons. The number of hydrogen-bond acceptors (Lipinski definition) is 8. The van der Waals surface area contributed by atoms with Crippen LogP contribution in [0.5, 0.6) is 0 Å². The van der Waals surface area contributed by atoms with Gasteiger partial charge >= 0.3 is 0 Å². The Kier molecular flexibility index (Phi) is 11.0. The van der Waals surface area contributed by atoms with Gasteiger partial charge in [-0.2, -0.15) is 25.3 Å². The largest absolute Gasteiger partial charge is 0.346 e. The summed E-state index contributed by atoms with van der Waals surface area (Å²) in [6.07, 6.45) is -0.548. The third kappa shape index (κ3) is 10.5. The fourth-order valence-electron chi connectivity index (χ4n) is 1.91. The number of Topliss-reactive ketones (excluding diaryl/α,β-unsaturated/α-hetero) is 2. The summed E-state index contributed by atoms with van der Waals surface area (Å²) < 4.78 is 24.0. The molecule has 0 unspecified atom stereocenters. The number of rotatable bonds is 12. The topological polar surface area (TPSA) is 126 Å². The summed E-state index contributed by atoms with van der Waals surface area (Å²) in [7, 11) is -3.63. The van der Waals surface area contributed by atoms with E-state index in [0.717, 1.165) is 0 Å². The molecule has 2 atom stereocenters. The highest BCUT2D eigenvalue weighted by atomic mass is 32.2. The number of carbonyl (C=O) groups excluding carboxylic acids is 4. The van der Waals surface area contributed by atoms with Gasteiger partial charge < -0.3 is 10.6 Å². The molecule has 0 aromatic carbocycles. The second-order valence-corrected chi connectivity index (χ2v) is 8.49.